The van der Waals surface area contributed by atoms with E-state index >= 15 is 0 Å². The van der Waals surface area contributed by atoms with Gasteiger partial charge >= 0.3 is 0 Å². The molecule has 0 heterocycles. The van der Waals surface area contributed by atoms with E-state index in [1.807, 2.05) is 25.1 Å². The van der Waals surface area contributed by atoms with Gasteiger partial charge in [0.25, 0.3) is 0 Å². The topological polar surface area (TPSA) is 18.5 Å². The number of rotatable bonds is 3. The number of halogens is 1. The minimum Gasteiger partial charge on any atom is -0.240 e. The van der Waals surface area contributed by atoms with Crippen LogP contribution in [0.3, 0.4) is 0 Å². The van der Waals surface area contributed by atoms with Crippen LogP contribution in [0.25, 0.3) is 0 Å². The van der Waals surface area contributed by atoms with Gasteiger partial charge < -0.3 is 0 Å². The van der Waals surface area contributed by atoms with Crippen LogP contribution in [0.5, 0.6) is 0 Å². The molecule has 1 aromatic rings. The zero-order valence-electron chi connectivity index (χ0n) is 7.13. The Kier molecular flexibility index (Phi) is 3.53. The van der Waals surface area contributed by atoms with Crippen LogP contribution in [0, 0.1) is 6.92 Å². The number of hydrogen-bond acceptors (Lipinski definition) is 2. The SMILES string of the molecule is COOCc1cccc(Cl)c1C. The Labute approximate surface area is 77.0 Å². The molecule has 0 atom stereocenters. The van der Waals surface area contributed by atoms with Crippen LogP contribution in [-0.2, 0) is 16.4 Å². The summed E-state index contributed by atoms with van der Waals surface area (Å²) in [5.74, 6) is 0. The first-order chi connectivity index (χ1) is 5.75. The van der Waals surface area contributed by atoms with Gasteiger partial charge in [-0.25, -0.2) is 9.78 Å². The molecule has 0 unspecified atom stereocenters. The molecule has 12 heavy (non-hydrogen) atoms. The fourth-order valence-electron chi connectivity index (χ4n) is 0.931. The van der Waals surface area contributed by atoms with Crippen molar-refractivity contribution < 1.29 is 9.78 Å². The maximum absolute atomic E-state index is 5.90. The average Bonchev–Trinajstić information content (AvgIpc) is 2.08. The molecule has 0 aliphatic carbocycles. The highest BCUT2D eigenvalue weighted by Crippen LogP contribution is 2.19. The van der Waals surface area contributed by atoms with Crippen molar-refractivity contribution in [3.05, 3.63) is 34.3 Å². The lowest BCUT2D eigenvalue weighted by Crippen LogP contribution is -1.94. The number of benzene rings is 1. The molecular weight excluding hydrogens is 176 g/mol. The quantitative estimate of drug-likeness (QED) is 0.534. The molecule has 66 valence electrons. The highest BCUT2D eigenvalue weighted by Gasteiger charge is 2.01. The molecule has 2 nitrogen and oxygen atoms in total. The largest absolute Gasteiger partial charge is 0.240 e. The van der Waals surface area contributed by atoms with E-state index in [2.05, 4.69) is 4.89 Å². The van der Waals surface area contributed by atoms with E-state index in [1.54, 1.807) is 0 Å². The van der Waals surface area contributed by atoms with Gasteiger partial charge in [-0.05, 0) is 24.1 Å². The Bertz CT molecular complexity index is 261. The smallest absolute Gasteiger partial charge is 0.108 e. The molecule has 0 amide bonds. The van der Waals surface area contributed by atoms with Gasteiger partial charge in [0.15, 0.2) is 0 Å². The zero-order valence-corrected chi connectivity index (χ0v) is 7.89. The van der Waals surface area contributed by atoms with Crippen LogP contribution in [0.2, 0.25) is 5.02 Å². The van der Waals surface area contributed by atoms with Crippen LogP contribution in [-0.4, -0.2) is 7.11 Å². The Morgan fingerprint density at radius 2 is 2.17 bits per heavy atom. The molecule has 1 aromatic carbocycles. The molecule has 0 N–H and O–H groups in total. The molecule has 0 saturated heterocycles. The second kappa shape index (κ2) is 4.45. The lowest BCUT2D eigenvalue weighted by molar-refractivity contribution is -0.282. The molecule has 0 radical (unpaired) electrons. The second-order valence-electron chi connectivity index (χ2n) is 2.45. The average molecular weight is 187 g/mol. The summed E-state index contributed by atoms with van der Waals surface area (Å²) >= 11 is 5.90. The summed E-state index contributed by atoms with van der Waals surface area (Å²) in [6.45, 7) is 2.39. The third kappa shape index (κ3) is 2.21. The van der Waals surface area contributed by atoms with E-state index in [4.69, 9.17) is 16.5 Å². The molecule has 0 aliphatic heterocycles. The molecule has 0 aliphatic rings. The molecule has 1 rings (SSSR count). The van der Waals surface area contributed by atoms with Crippen molar-refractivity contribution in [3.63, 3.8) is 0 Å². The minimum atomic E-state index is 0.433. The number of hydrogen-bond donors (Lipinski definition) is 0. The minimum absolute atomic E-state index is 0.433. The normalized spacial score (nSPS) is 10.2. The summed E-state index contributed by atoms with van der Waals surface area (Å²) in [6.07, 6.45) is 0. The lowest BCUT2D eigenvalue weighted by atomic mass is 10.1. The molecular formula is C9H11ClO2. The highest BCUT2D eigenvalue weighted by molar-refractivity contribution is 6.31. The first-order valence-electron chi connectivity index (χ1n) is 3.65. The van der Waals surface area contributed by atoms with Crippen LogP contribution in [0.4, 0.5) is 0 Å². The van der Waals surface area contributed by atoms with Crippen LogP contribution in [0.1, 0.15) is 11.1 Å². The Balaban J connectivity index is 2.78. The summed E-state index contributed by atoms with van der Waals surface area (Å²) < 4.78 is 0. The molecule has 0 saturated carbocycles. The fraction of sp³-hybridized carbons (Fsp3) is 0.333. The van der Waals surface area contributed by atoms with E-state index in [0.29, 0.717) is 6.61 Å². The summed E-state index contributed by atoms with van der Waals surface area (Å²) in [4.78, 5) is 9.29. The summed E-state index contributed by atoms with van der Waals surface area (Å²) in [7, 11) is 1.49. The predicted octanol–water partition coefficient (Wildman–Crippen LogP) is 2.73. The fourth-order valence-corrected chi connectivity index (χ4v) is 1.13. The highest BCUT2D eigenvalue weighted by atomic mass is 35.5. The predicted molar refractivity (Wildman–Crippen MR) is 48.0 cm³/mol. The first kappa shape index (κ1) is 9.52. The van der Waals surface area contributed by atoms with Gasteiger partial charge in [-0.3, -0.25) is 0 Å². The molecule has 0 fully saturated rings. The van der Waals surface area contributed by atoms with E-state index in [9.17, 15) is 0 Å². The van der Waals surface area contributed by atoms with Crippen molar-refractivity contribution in [1.29, 1.82) is 0 Å². The lowest BCUT2D eigenvalue weighted by Gasteiger charge is -2.05. The van der Waals surface area contributed by atoms with Gasteiger partial charge in [-0.1, -0.05) is 23.7 Å². The van der Waals surface area contributed by atoms with Gasteiger partial charge in [0, 0.05) is 5.02 Å². The van der Waals surface area contributed by atoms with Crippen molar-refractivity contribution >= 4 is 11.6 Å². The van der Waals surface area contributed by atoms with Crippen molar-refractivity contribution in [3.8, 4) is 0 Å². The van der Waals surface area contributed by atoms with Gasteiger partial charge in [-0.2, -0.15) is 0 Å². The maximum atomic E-state index is 5.90. The zero-order chi connectivity index (χ0) is 8.97. The summed E-state index contributed by atoms with van der Waals surface area (Å²) in [5.41, 5.74) is 2.08. The molecule has 0 spiro atoms. The van der Waals surface area contributed by atoms with Crippen molar-refractivity contribution in [2.24, 2.45) is 0 Å². The molecule has 3 heteroatoms. The van der Waals surface area contributed by atoms with Crippen LogP contribution in [0.15, 0.2) is 18.2 Å². The van der Waals surface area contributed by atoms with Crippen molar-refractivity contribution in [1.82, 2.24) is 0 Å². The van der Waals surface area contributed by atoms with Gasteiger partial charge in [-0.15, -0.1) is 0 Å². The summed E-state index contributed by atoms with van der Waals surface area (Å²) in [6, 6.07) is 5.71. The molecule has 0 aromatic heterocycles. The Hall–Kier alpha value is -0.570. The molecule has 0 bridgehead atoms. The van der Waals surface area contributed by atoms with Crippen LogP contribution < -0.4 is 0 Å². The van der Waals surface area contributed by atoms with Crippen molar-refractivity contribution in [2.75, 3.05) is 7.11 Å². The standard InChI is InChI=1S/C9H11ClO2/c1-7-8(6-12-11-2)4-3-5-9(7)10/h3-5H,6H2,1-2H3. The third-order valence-electron chi connectivity index (χ3n) is 1.71. The van der Waals surface area contributed by atoms with Gasteiger partial charge in [0.1, 0.15) is 6.61 Å². The maximum Gasteiger partial charge on any atom is 0.108 e. The van der Waals surface area contributed by atoms with Crippen molar-refractivity contribution in [2.45, 2.75) is 13.5 Å². The van der Waals surface area contributed by atoms with E-state index in [-0.39, 0.29) is 0 Å². The van der Waals surface area contributed by atoms with E-state index < -0.39 is 0 Å². The van der Waals surface area contributed by atoms with Gasteiger partial charge in [0.2, 0.25) is 0 Å². The van der Waals surface area contributed by atoms with E-state index in [0.717, 1.165) is 16.1 Å². The van der Waals surface area contributed by atoms with E-state index in [1.165, 1.54) is 7.11 Å². The third-order valence-corrected chi connectivity index (χ3v) is 2.12. The van der Waals surface area contributed by atoms with Crippen LogP contribution >= 0.6 is 11.6 Å². The summed E-state index contributed by atoms with van der Waals surface area (Å²) in [5, 5.41) is 0.757. The Morgan fingerprint density at radius 1 is 1.42 bits per heavy atom. The Morgan fingerprint density at radius 3 is 2.83 bits per heavy atom. The monoisotopic (exact) mass is 186 g/mol. The van der Waals surface area contributed by atoms with Gasteiger partial charge in [0.05, 0.1) is 7.11 Å². The first-order valence-corrected chi connectivity index (χ1v) is 4.03. The second-order valence-corrected chi connectivity index (χ2v) is 2.86.